The molecule has 124 valence electrons. The molecule has 1 N–H and O–H groups in total. The molecule has 1 amide bonds. The minimum absolute atomic E-state index is 0.155. The first-order chi connectivity index (χ1) is 11.1. The fraction of sp³-hybridized carbons (Fsp3) is 0.471. The van der Waals surface area contributed by atoms with Gasteiger partial charge in [-0.15, -0.1) is 0 Å². The molecule has 0 saturated carbocycles. The summed E-state index contributed by atoms with van der Waals surface area (Å²) in [5, 5.41) is 2.90. The monoisotopic (exact) mass is 335 g/mol. The van der Waals surface area contributed by atoms with E-state index >= 15 is 0 Å². The topological polar surface area (TPSA) is 72.5 Å². The molecule has 3 rings (SSSR count). The van der Waals surface area contributed by atoms with Gasteiger partial charge in [-0.05, 0) is 42.9 Å². The van der Waals surface area contributed by atoms with Crippen molar-refractivity contribution in [1.29, 1.82) is 0 Å². The third kappa shape index (κ3) is 3.82. The minimum Gasteiger partial charge on any atom is -0.381 e. The Morgan fingerprint density at radius 2 is 2.22 bits per heavy atom. The molecule has 0 radical (unpaired) electrons. The van der Waals surface area contributed by atoms with Gasteiger partial charge in [-0.2, -0.15) is 0 Å². The van der Waals surface area contributed by atoms with Crippen LogP contribution in [0, 0.1) is 5.92 Å². The zero-order valence-corrected chi connectivity index (χ0v) is 13.8. The molecular formula is C17H21NO4S. The lowest BCUT2D eigenvalue weighted by molar-refractivity contribution is 0.0950. The van der Waals surface area contributed by atoms with Crippen molar-refractivity contribution in [2.24, 2.45) is 5.92 Å². The average Bonchev–Trinajstić information content (AvgIpc) is 3.16. The smallest absolute Gasteiger partial charge is 0.251 e. The number of rotatable bonds is 5. The Bertz CT molecular complexity index is 718. The summed E-state index contributed by atoms with van der Waals surface area (Å²) in [6.07, 6.45) is 4.23. The lowest BCUT2D eigenvalue weighted by atomic mass is 10.1. The summed E-state index contributed by atoms with van der Waals surface area (Å²) < 4.78 is 29.3. The van der Waals surface area contributed by atoms with Gasteiger partial charge in [0.2, 0.25) is 0 Å². The van der Waals surface area contributed by atoms with E-state index in [1.54, 1.807) is 30.3 Å². The van der Waals surface area contributed by atoms with Crippen molar-refractivity contribution in [1.82, 2.24) is 5.32 Å². The van der Waals surface area contributed by atoms with Gasteiger partial charge in [0.15, 0.2) is 9.84 Å². The van der Waals surface area contributed by atoms with Crippen molar-refractivity contribution in [2.45, 2.75) is 19.3 Å². The Kier molecular flexibility index (Phi) is 4.82. The standard InChI is InChI=1S/C17H21NO4S/c19-17(18-8-6-13-7-9-22-12-13)15-4-1-3-14(11-15)16-5-2-10-23(16,20)21/h1,3-5,11,13H,2,6-10,12H2,(H,18,19)/t13-/m0/s1. The summed E-state index contributed by atoms with van der Waals surface area (Å²) >= 11 is 0. The second-order valence-corrected chi connectivity index (χ2v) is 8.11. The molecule has 5 nitrogen and oxygen atoms in total. The highest BCUT2D eigenvalue weighted by molar-refractivity contribution is 8.00. The molecule has 2 heterocycles. The van der Waals surface area contributed by atoms with Crippen LogP contribution >= 0.6 is 0 Å². The van der Waals surface area contributed by atoms with Crippen LogP contribution in [0.15, 0.2) is 30.3 Å². The van der Waals surface area contributed by atoms with Crippen LogP contribution in [0.3, 0.4) is 0 Å². The predicted molar refractivity (Wildman–Crippen MR) is 88.7 cm³/mol. The number of hydrogen-bond donors (Lipinski definition) is 1. The Morgan fingerprint density at radius 1 is 1.35 bits per heavy atom. The maximum atomic E-state index is 12.2. The fourth-order valence-electron chi connectivity index (χ4n) is 3.00. The van der Waals surface area contributed by atoms with E-state index in [4.69, 9.17) is 4.74 Å². The average molecular weight is 335 g/mol. The number of nitrogens with one attached hydrogen (secondary N) is 1. The van der Waals surface area contributed by atoms with E-state index in [0.29, 0.717) is 34.9 Å². The fourth-order valence-corrected chi connectivity index (χ4v) is 4.50. The van der Waals surface area contributed by atoms with Crippen LogP contribution in [0.2, 0.25) is 0 Å². The zero-order valence-electron chi connectivity index (χ0n) is 13.0. The van der Waals surface area contributed by atoms with Crippen molar-refractivity contribution in [3.05, 3.63) is 41.5 Å². The second-order valence-electron chi connectivity index (χ2n) is 6.03. The molecule has 6 heteroatoms. The van der Waals surface area contributed by atoms with Gasteiger partial charge in [0, 0.05) is 25.3 Å². The minimum atomic E-state index is -3.20. The lowest BCUT2D eigenvalue weighted by Crippen LogP contribution is -2.26. The van der Waals surface area contributed by atoms with Crippen LogP contribution in [0.25, 0.3) is 4.91 Å². The van der Waals surface area contributed by atoms with Crippen LogP contribution in [0.4, 0.5) is 0 Å². The highest BCUT2D eigenvalue weighted by Gasteiger charge is 2.24. The third-order valence-corrected chi connectivity index (χ3v) is 6.17. The highest BCUT2D eigenvalue weighted by Crippen LogP contribution is 2.28. The maximum absolute atomic E-state index is 12.2. The van der Waals surface area contributed by atoms with Gasteiger partial charge < -0.3 is 10.1 Å². The van der Waals surface area contributed by atoms with E-state index in [1.165, 1.54) is 0 Å². The first-order valence-electron chi connectivity index (χ1n) is 7.95. The molecule has 1 atom stereocenters. The maximum Gasteiger partial charge on any atom is 0.251 e. The Balaban J connectivity index is 1.63. The van der Waals surface area contributed by atoms with Crippen molar-refractivity contribution in [2.75, 3.05) is 25.5 Å². The lowest BCUT2D eigenvalue weighted by Gasteiger charge is -2.10. The van der Waals surface area contributed by atoms with Crippen LogP contribution in [-0.4, -0.2) is 39.8 Å². The molecule has 0 bridgehead atoms. The van der Waals surface area contributed by atoms with Crippen molar-refractivity contribution < 1.29 is 17.9 Å². The molecule has 0 aliphatic carbocycles. The molecule has 0 aromatic heterocycles. The van der Waals surface area contributed by atoms with Gasteiger partial charge in [-0.1, -0.05) is 18.2 Å². The van der Waals surface area contributed by atoms with Gasteiger partial charge in [-0.3, -0.25) is 4.79 Å². The molecule has 0 unspecified atom stereocenters. The van der Waals surface area contributed by atoms with Crippen molar-refractivity contribution in [3.8, 4) is 0 Å². The number of carbonyl (C=O) groups is 1. The van der Waals surface area contributed by atoms with Gasteiger partial charge >= 0.3 is 0 Å². The van der Waals surface area contributed by atoms with Crippen LogP contribution < -0.4 is 5.32 Å². The van der Waals surface area contributed by atoms with E-state index in [-0.39, 0.29) is 11.7 Å². The molecule has 1 aromatic carbocycles. The number of carbonyl (C=O) groups excluding carboxylic acids is 1. The van der Waals surface area contributed by atoms with E-state index < -0.39 is 9.84 Å². The van der Waals surface area contributed by atoms with Gasteiger partial charge in [0.1, 0.15) is 0 Å². The number of benzene rings is 1. The van der Waals surface area contributed by atoms with E-state index in [0.717, 1.165) is 26.1 Å². The van der Waals surface area contributed by atoms with E-state index in [9.17, 15) is 13.2 Å². The summed E-state index contributed by atoms with van der Waals surface area (Å²) in [5.74, 6) is 0.513. The number of allylic oxidation sites excluding steroid dienone is 1. The molecule has 2 aliphatic heterocycles. The number of hydrogen-bond acceptors (Lipinski definition) is 4. The van der Waals surface area contributed by atoms with Gasteiger partial charge in [0.25, 0.3) is 5.91 Å². The Hall–Kier alpha value is -1.66. The number of ether oxygens (including phenoxy) is 1. The zero-order chi connectivity index (χ0) is 16.3. The van der Waals surface area contributed by atoms with Gasteiger partial charge in [0.05, 0.1) is 10.7 Å². The molecular weight excluding hydrogens is 314 g/mol. The second kappa shape index (κ2) is 6.84. The molecule has 2 aliphatic rings. The normalized spacial score (nSPS) is 22.8. The molecule has 1 saturated heterocycles. The summed E-state index contributed by atoms with van der Waals surface area (Å²) in [4.78, 5) is 12.6. The summed E-state index contributed by atoms with van der Waals surface area (Å²) in [5.41, 5.74) is 1.09. The highest BCUT2D eigenvalue weighted by atomic mass is 32.2. The number of sulfone groups is 1. The van der Waals surface area contributed by atoms with Gasteiger partial charge in [-0.25, -0.2) is 8.42 Å². The predicted octanol–water partition coefficient (Wildman–Crippen LogP) is 2.00. The van der Waals surface area contributed by atoms with E-state index in [1.807, 2.05) is 0 Å². The van der Waals surface area contributed by atoms with Crippen LogP contribution in [0.1, 0.15) is 35.2 Å². The van der Waals surface area contributed by atoms with Crippen LogP contribution in [0.5, 0.6) is 0 Å². The largest absolute Gasteiger partial charge is 0.381 e. The molecule has 1 fully saturated rings. The van der Waals surface area contributed by atoms with Crippen molar-refractivity contribution in [3.63, 3.8) is 0 Å². The molecule has 0 spiro atoms. The first kappa shape index (κ1) is 16.2. The summed E-state index contributed by atoms with van der Waals surface area (Å²) in [6, 6.07) is 6.83. The summed E-state index contributed by atoms with van der Waals surface area (Å²) in [6.45, 7) is 2.19. The Morgan fingerprint density at radius 3 is 2.91 bits per heavy atom. The molecule has 1 aromatic rings. The van der Waals surface area contributed by atoms with Crippen LogP contribution in [-0.2, 0) is 14.6 Å². The summed E-state index contributed by atoms with van der Waals surface area (Å²) in [7, 11) is -3.20. The SMILES string of the molecule is O=C(NCC[C@H]1CCOC1)c1cccc(C2=CCCS2(=O)=O)c1. The number of amides is 1. The van der Waals surface area contributed by atoms with E-state index in [2.05, 4.69) is 5.32 Å². The quantitative estimate of drug-likeness (QED) is 0.893. The molecule has 23 heavy (non-hydrogen) atoms. The first-order valence-corrected chi connectivity index (χ1v) is 9.61. The third-order valence-electron chi connectivity index (χ3n) is 4.32. The van der Waals surface area contributed by atoms with Crippen molar-refractivity contribution >= 4 is 20.6 Å². The Labute approximate surface area is 136 Å².